The zero-order valence-corrected chi connectivity index (χ0v) is 18.2. The van der Waals surface area contributed by atoms with E-state index in [9.17, 15) is 4.79 Å². The molecule has 1 fully saturated rings. The van der Waals surface area contributed by atoms with Crippen LogP contribution in [0.1, 0.15) is 57.3 Å². The highest BCUT2D eigenvalue weighted by Gasteiger charge is 2.25. The number of carbonyl (C=O) groups is 1. The van der Waals surface area contributed by atoms with Gasteiger partial charge in [-0.15, -0.1) is 0 Å². The molecule has 0 unspecified atom stereocenters. The van der Waals surface area contributed by atoms with Gasteiger partial charge in [-0.1, -0.05) is 30.3 Å². The Balaban J connectivity index is 1.42. The number of anilines is 1. The third kappa shape index (κ3) is 4.55. The van der Waals surface area contributed by atoms with Crippen LogP contribution in [0.3, 0.4) is 0 Å². The summed E-state index contributed by atoms with van der Waals surface area (Å²) in [6.45, 7) is 6.04. The Labute approximate surface area is 182 Å². The number of piperidine rings is 1. The molecule has 7 nitrogen and oxygen atoms in total. The second kappa shape index (κ2) is 9.20. The maximum absolute atomic E-state index is 11.5. The highest BCUT2D eigenvalue weighted by atomic mass is 16.5. The van der Waals surface area contributed by atoms with Gasteiger partial charge >= 0.3 is 5.97 Å². The molecule has 3 aromatic rings. The zero-order chi connectivity index (χ0) is 21.8. The Kier molecular flexibility index (Phi) is 6.21. The number of nitrogens with zero attached hydrogens (tertiary/aromatic N) is 5. The lowest BCUT2D eigenvalue weighted by molar-refractivity contribution is 0.0593. The van der Waals surface area contributed by atoms with Gasteiger partial charge in [0, 0.05) is 25.4 Å². The third-order valence-corrected chi connectivity index (χ3v) is 6.11. The fraction of sp³-hybridized carbons (Fsp3) is 0.375. The first kappa shape index (κ1) is 20.9. The van der Waals surface area contributed by atoms with E-state index in [4.69, 9.17) is 0 Å². The van der Waals surface area contributed by atoms with Crippen molar-refractivity contribution >= 4 is 11.8 Å². The van der Waals surface area contributed by atoms with Gasteiger partial charge < -0.3 is 9.64 Å². The SMILES string of the molecule is COC(=O)c1cnc(N2CCC(c3nnc(Cc4ccccc4)c(C)c3C)CC2)cn1. The van der Waals surface area contributed by atoms with Gasteiger partial charge in [0.05, 0.1) is 30.9 Å². The number of benzene rings is 1. The second-order valence-corrected chi connectivity index (χ2v) is 7.96. The van der Waals surface area contributed by atoms with Crippen LogP contribution in [0.4, 0.5) is 5.82 Å². The van der Waals surface area contributed by atoms with E-state index in [-0.39, 0.29) is 5.69 Å². The molecule has 1 saturated heterocycles. The molecule has 31 heavy (non-hydrogen) atoms. The molecule has 0 saturated carbocycles. The highest BCUT2D eigenvalue weighted by molar-refractivity contribution is 5.86. The van der Waals surface area contributed by atoms with Gasteiger partial charge in [-0.05, 0) is 43.4 Å². The van der Waals surface area contributed by atoms with Gasteiger partial charge in [-0.2, -0.15) is 10.2 Å². The average molecular weight is 418 g/mol. The summed E-state index contributed by atoms with van der Waals surface area (Å²) < 4.78 is 4.68. The molecule has 1 aliphatic heterocycles. The molecule has 0 spiro atoms. The first-order valence-corrected chi connectivity index (χ1v) is 10.6. The predicted molar refractivity (Wildman–Crippen MR) is 118 cm³/mol. The summed E-state index contributed by atoms with van der Waals surface area (Å²) in [4.78, 5) is 22.3. The minimum atomic E-state index is -0.474. The van der Waals surface area contributed by atoms with Crippen molar-refractivity contribution in [1.29, 1.82) is 0 Å². The van der Waals surface area contributed by atoms with Gasteiger partial charge in [0.2, 0.25) is 0 Å². The van der Waals surface area contributed by atoms with Crippen molar-refractivity contribution in [3.05, 3.63) is 76.5 Å². The summed E-state index contributed by atoms with van der Waals surface area (Å²) in [7, 11) is 1.34. The fourth-order valence-electron chi connectivity index (χ4n) is 4.09. The molecule has 4 rings (SSSR count). The Morgan fingerprint density at radius 1 is 1.03 bits per heavy atom. The lowest BCUT2D eigenvalue weighted by atomic mass is 9.89. The van der Waals surface area contributed by atoms with Gasteiger partial charge in [0.25, 0.3) is 0 Å². The second-order valence-electron chi connectivity index (χ2n) is 7.96. The molecule has 160 valence electrons. The van der Waals surface area contributed by atoms with Gasteiger partial charge in [-0.25, -0.2) is 14.8 Å². The van der Waals surface area contributed by atoms with Crippen LogP contribution in [-0.2, 0) is 11.2 Å². The molecule has 7 heteroatoms. The van der Waals surface area contributed by atoms with E-state index < -0.39 is 5.97 Å². The van der Waals surface area contributed by atoms with E-state index in [1.54, 1.807) is 6.20 Å². The van der Waals surface area contributed by atoms with Crippen molar-refractivity contribution in [3.63, 3.8) is 0 Å². The molecule has 0 atom stereocenters. The summed E-state index contributed by atoms with van der Waals surface area (Å²) in [5.74, 6) is 0.691. The Hall–Kier alpha value is -3.35. The molecular weight excluding hydrogens is 390 g/mol. The summed E-state index contributed by atoms with van der Waals surface area (Å²) in [5, 5.41) is 9.24. The monoisotopic (exact) mass is 417 g/mol. The minimum absolute atomic E-state index is 0.220. The first-order chi connectivity index (χ1) is 15.1. The maximum Gasteiger partial charge on any atom is 0.358 e. The number of carbonyl (C=O) groups excluding carboxylic acids is 1. The van der Waals surface area contributed by atoms with E-state index in [1.165, 1.54) is 30.0 Å². The Morgan fingerprint density at radius 2 is 1.77 bits per heavy atom. The number of hydrogen-bond donors (Lipinski definition) is 0. The van der Waals surface area contributed by atoms with Crippen molar-refractivity contribution in [2.24, 2.45) is 0 Å². The van der Waals surface area contributed by atoms with Crippen LogP contribution in [0.15, 0.2) is 42.7 Å². The van der Waals surface area contributed by atoms with Crippen LogP contribution >= 0.6 is 0 Å². The minimum Gasteiger partial charge on any atom is -0.464 e. The number of hydrogen-bond acceptors (Lipinski definition) is 7. The van der Waals surface area contributed by atoms with Crippen molar-refractivity contribution in [3.8, 4) is 0 Å². The number of rotatable bonds is 5. The van der Waals surface area contributed by atoms with Crippen molar-refractivity contribution in [2.45, 2.75) is 39.0 Å². The smallest absolute Gasteiger partial charge is 0.358 e. The van der Waals surface area contributed by atoms with E-state index in [0.717, 1.165) is 49.6 Å². The first-order valence-electron chi connectivity index (χ1n) is 10.6. The standard InChI is InChI=1S/C24H27N5O2/c1-16-17(2)23(28-27-20(16)13-18-7-5-4-6-8-18)19-9-11-29(12-10-19)22-15-25-21(14-26-22)24(30)31-3/h4-8,14-15,19H,9-13H2,1-3H3. The quantitative estimate of drug-likeness (QED) is 0.586. The van der Waals surface area contributed by atoms with E-state index in [0.29, 0.717) is 5.92 Å². The van der Waals surface area contributed by atoms with Crippen LogP contribution in [0, 0.1) is 13.8 Å². The van der Waals surface area contributed by atoms with Gasteiger partial charge in [0.15, 0.2) is 5.69 Å². The molecule has 0 amide bonds. The number of esters is 1. The van der Waals surface area contributed by atoms with Crippen molar-refractivity contribution < 1.29 is 9.53 Å². The summed E-state index contributed by atoms with van der Waals surface area (Å²) in [6, 6.07) is 10.4. The molecule has 1 aromatic carbocycles. The lowest BCUT2D eigenvalue weighted by Gasteiger charge is -2.33. The van der Waals surface area contributed by atoms with Crippen LogP contribution in [0.25, 0.3) is 0 Å². The van der Waals surface area contributed by atoms with Gasteiger partial charge in [-0.3, -0.25) is 0 Å². The topological polar surface area (TPSA) is 81.1 Å². The zero-order valence-electron chi connectivity index (χ0n) is 18.2. The van der Waals surface area contributed by atoms with Crippen LogP contribution in [0.2, 0.25) is 0 Å². The van der Waals surface area contributed by atoms with Crippen molar-refractivity contribution in [2.75, 3.05) is 25.1 Å². The highest BCUT2D eigenvalue weighted by Crippen LogP contribution is 2.31. The molecule has 3 heterocycles. The summed E-state index contributed by atoms with van der Waals surface area (Å²) in [5.41, 5.74) is 6.12. The number of aromatic nitrogens is 4. The number of methoxy groups -OCH3 is 1. The normalized spacial score (nSPS) is 14.5. The molecular formula is C24H27N5O2. The Bertz CT molecular complexity index is 1050. The molecule has 0 N–H and O–H groups in total. The largest absolute Gasteiger partial charge is 0.464 e. The van der Waals surface area contributed by atoms with Gasteiger partial charge in [0.1, 0.15) is 5.82 Å². The van der Waals surface area contributed by atoms with E-state index in [2.05, 4.69) is 67.9 Å². The van der Waals surface area contributed by atoms with Crippen LogP contribution < -0.4 is 4.90 Å². The fourth-order valence-corrected chi connectivity index (χ4v) is 4.09. The third-order valence-electron chi connectivity index (χ3n) is 6.11. The maximum atomic E-state index is 11.5. The molecule has 0 bridgehead atoms. The Morgan fingerprint density at radius 3 is 2.42 bits per heavy atom. The van der Waals surface area contributed by atoms with E-state index in [1.807, 2.05) is 6.07 Å². The summed E-state index contributed by atoms with van der Waals surface area (Å²) >= 11 is 0. The molecule has 0 radical (unpaired) electrons. The molecule has 0 aliphatic carbocycles. The van der Waals surface area contributed by atoms with E-state index >= 15 is 0 Å². The van der Waals surface area contributed by atoms with Crippen LogP contribution in [0.5, 0.6) is 0 Å². The average Bonchev–Trinajstić information content (AvgIpc) is 2.83. The van der Waals surface area contributed by atoms with Crippen molar-refractivity contribution in [1.82, 2.24) is 20.2 Å². The summed E-state index contributed by atoms with van der Waals surface area (Å²) in [6.07, 6.45) is 5.87. The predicted octanol–water partition coefficient (Wildman–Crippen LogP) is 3.64. The molecule has 1 aliphatic rings. The lowest BCUT2D eigenvalue weighted by Crippen LogP contribution is -2.34. The number of ether oxygens (including phenoxy) is 1. The molecule has 2 aromatic heterocycles. The van der Waals surface area contributed by atoms with Crippen LogP contribution in [-0.4, -0.2) is 46.3 Å².